The molecule has 0 spiro atoms. The van der Waals surface area contributed by atoms with Crippen molar-refractivity contribution in [1.29, 1.82) is 0 Å². The number of likely N-dealkylation sites (tertiary alicyclic amines) is 1. The molecule has 4 rings (SSSR count). The van der Waals surface area contributed by atoms with E-state index in [0.29, 0.717) is 11.6 Å². The highest BCUT2D eigenvalue weighted by Crippen LogP contribution is 2.29. The zero-order valence-corrected chi connectivity index (χ0v) is 17.7. The van der Waals surface area contributed by atoms with Gasteiger partial charge < -0.3 is 10.2 Å². The number of aryl methyl sites for hydroxylation is 1. The molecule has 0 aromatic carbocycles. The lowest BCUT2D eigenvalue weighted by atomic mass is 10.2. The fourth-order valence-corrected chi connectivity index (χ4v) is 4.18. The van der Waals surface area contributed by atoms with E-state index in [-0.39, 0.29) is 11.9 Å². The largest absolute Gasteiger partial charge is 0.346 e. The first kappa shape index (κ1) is 20.2. The van der Waals surface area contributed by atoms with Crippen LogP contribution in [0.4, 0.5) is 5.95 Å². The number of carbonyl (C=O) groups excluding carboxylic acids is 1. The summed E-state index contributed by atoms with van der Waals surface area (Å²) < 4.78 is 0.871. The van der Waals surface area contributed by atoms with Crippen molar-refractivity contribution in [1.82, 2.24) is 19.9 Å². The summed E-state index contributed by atoms with van der Waals surface area (Å²) in [6, 6.07) is 5.75. The molecule has 1 aliphatic rings. The van der Waals surface area contributed by atoms with Crippen LogP contribution in [0.25, 0.3) is 10.2 Å². The third-order valence-electron chi connectivity index (χ3n) is 4.67. The van der Waals surface area contributed by atoms with E-state index in [4.69, 9.17) is 0 Å². The van der Waals surface area contributed by atoms with Gasteiger partial charge in [-0.2, -0.15) is 0 Å². The zero-order valence-electron chi connectivity index (χ0n) is 16.9. The molecule has 0 saturated carbocycles. The number of thiophene rings is 1. The molecule has 1 amide bonds. The van der Waals surface area contributed by atoms with Crippen molar-refractivity contribution in [3.8, 4) is 0 Å². The maximum atomic E-state index is 13.0. The van der Waals surface area contributed by atoms with Crippen molar-refractivity contribution in [2.45, 2.75) is 46.6 Å². The van der Waals surface area contributed by atoms with Gasteiger partial charge in [-0.3, -0.25) is 9.78 Å². The Balaban J connectivity index is 0.00000109. The number of amides is 1. The van der Waals surface area contributed by atoms with Gasteiger partial charge in [0.1, 0.15) is 0 Å². The molecule has 4 heterocycles. The van der Waals surface area contributed by atoms with Gasteiger partial charge in [-0.25, -0.2) is 9.97 Å². The van der Waals surface area contributed by atoms with E-state index in [1.807, 2.05) is 56.2 Å². The zero-order chi connectivity index (χ0) is 20.1. The molecule has 28 heavy (non-hydrogen) atoms. The average molecular weight is 398 g/mol. The molecule has 1 fully saturated rings. The Labute approximate surface area is 170 Å². The molecule has 3 aromatic heterocycles. The van der Waals surface area contributed by atoms with E-state index < -0.39 is 0 Å². The van der Waals surface area contributed by atoms with Gasteiger partial charge in [0.25, 0.3) is 5.91 Å². The van der Waals surface area contributed by atoms with Gasteiger partial charge in [0.15, 0.2) is 5.69 Å². The summed E-state index contributed by atoms with van der Waals surface area (Å²) in [6.07, 6.45) is 3.89. The van der Waals surface area contributed by atoms with E-state index in [1.165, 1.54) is 11.3 Å². The van der Waals surface area contributed by atoms with E-state index in [1.54, 1.807) is 6.20 Å². The minimum absolute atomic E-state index is 0.00490. The predicted molar refractivity (Wildman–Crippen MR) is 115 cm³/mol. The van der Waals surface area contributed by atoms with Crippen LogP contribution in [0, 0.1) is 6.92 Å². The Hall–Kier alpha value is -2.54. The Morgan fingerprint density at radius 2 is 1.96 bits per heavy atom. The molecule has 1 atom stereocenters. The molecule has 7 heteroatoms. The topological polar surface area (TPSA) is 71.0 Å². The first-order valence-corrected chi connectivity index (χ1v) is 10.7. The van der Waals surface area contributed by atoms with Crippen LogP contribution in [0.3, 0.4) is 0 Å². The molecular weight excluding hydrogens is 370 g/mol. The number of nitrogens with zero attached hydrogens (tertiary/aromatic N) is 4. The van der Waals surface area contributed by atoms with Gasteiger partial charge in [0.2, 0.25) is 5.95 Å². The lowest BCUT2D eigenvalue weighted by molar-refractivity contribution is 0.0789. The average Bonchev–Trinajstić information content (AvgIpc) is 3.40. The lowest BCUT2D eigenvalue weighted by Crippen LogP contribution is -2.29. The Bertz CT molecular complexity index is 935. The van der Waals surface area contributed by atoms with Gasteiger partial charge in [-0.15, -0.1) is 11.3 Å². The van der Waals surface area contributed by atoms with Gasteiger partial charge in [-0.05, 0) is 49.8 Å². The minimum atomic E-state index is -0.0534. The number of rotatable bonds is 4. The Kier molecular flexibility index (Phi) is 6.57. The van der Waals surface area contributed by atoms with Gasteiger partial charge >= 0.3 is 0 Å². The van der Waals surface area contributed by atoms with E-state index in [0.717, 1.165) is 47.4 Å². The molecule has 0 bridgehead atoms. The second-order valence-corrected chi connectivity index (χ2v) is 7.49. The van der Waals surface area contributed by atoms with Crippen LogP contribution in [0.2, 0.25) is 0 Å². The van der Waals surface area contributed by atoms with Gasteiger partial charge in [0.05, 0.1) is 22.0 Å². The van der Waals surface area contributed by atoms with Crippen molar-refractivity contribution >= 4 is 33.4 Å². The molecule has 1 N–H and O–H groups in total. The number of fused-ring (bicyclic) bond motifs is 1. The number of nitrogens with one attached hydrogen (secondary N) is 1. The fourth-order valence-electron chi connectivity index (χ4n) is 3.21. The molecule has 1 aliphatic heterocycles. The number of anilines is 1. The molecule has 0 aliphatic carbocycles. The van der Waals surface area contributed by atoms with Crippen LogP contribution < -0.4 is 5.32 Å². The number of carbonyl (C=O) groups is 1. The van der Waals surface area contributed by atoms with Gasteiger partial charge in [-0.1, -0.05) is 19.9 Å². The second-order valence-electron chi connectivity index (χ2n) is 6.61. The highest BCUT2D eigenvalue weighted by molar-refractivity contribution is 7.17. The highest BCUT2D eigenvalue weighted by atomic mass is 32.1. The van der Waals surface area contributed by atoms with E-state index in [9.17, 15) is 4.79 Å². The first-order chi connectivity index (χ1) is 13.6. The monoisotopic (exact) mass is 397 g/mol. The normalized spacial score (nSPS) is 14.5. The van der Waals surface area contributed by atoms with Crippen molar-refractivity contribution in [3.63, 3.8) is 0 Å². The highest BCUT2D eigenvalue weighted by Gasteiger charge is 2.25. The molecule has 6 nitrogen and oxygen atoms in total. The van der Waals surface area contributed by atoms with Crippen LogP contribution in [-0.4, -0.2) is 38.8 Å². The summed E-state index contributed by atoms with van der Waals surface area (Å²) in [5, 5.41) is 5.34. The van der Waals surface area contributed by atoms with Crippen LogP contribution >= 0.6 is 11.3 Å². The smallest absolute Gasteiger partial charge is 0.274 e. The van der Waals surface area contributed by atoms with Crippen LogP contribution in [0.1, 0.15) is 61.4 Å². The van der Waals surface area contributed by atoms with E-state index >= 15 is 0 Å². The SMILES string of the molecule is CC.Cc1csc2c(C(=O)N3CCCC3)nc(N[C@@H](C)c3ccccn3)nc12. The molecule has 0 unspecified atom stereocenters. The second kappa shape index (κ2) is 9.10. The summed E-state index contributed by atoms with van der Waals surface area (Å²) in [6.45, 7) is 9.64. The minimum Gasteiger partial charge on any atom is -0.346 e. The molecular formula is C21H27N5OS. The summed E-state index contributed by atoms with van der Waals surface area (Å²) >= 11 is 1.54. The van der Waals surface area contributed by atoms with Crippen molar-refractivity contribution in [3.05, 3.63) is 46.7 Å². The predicted octanol–water partition coefficient (Wildman–Crippen LogP) is 4.83. The van der Waals surface area contributed by atoms with Crippen LogP contribution in [0.5, 0.6) is 0 Å². The third-order valence-corrected chi connectivity index (χ3v) is 5.76. The van der Waals surface area contributed by atoms with Gasteiger partial charge in [0, 0.05) is 19.3 Å². The summed E-state index contributed by atoms with van der Waals surface area (Å²) in [7, 11) is 0. The number of hydrogen-bond donors (Lipinski definition) is 1. The number of aromatic nitrogens is 3. The van der Waals surface area contributed by atoms with Crippen LogP contribution in [-0.2, 0) is 0 Å². The lowest BCUT2D eigenvalue weighted by Gasteiger charge is -2.17. The maximum Gasteiger partial charge on any atom is 0.274 e. The number of pyridine rings is 1. The Morgan fingerprint density at radius 3 is 2.64 bits per heavy atom. The first-order valence-electron chi connectivity index (χ1n) is 9.86. The Morgan fingerprint density at radius 1 is 1.21 bits per heavy atom. The molecule has 0 radical (unpaired) electrons. The third kappa shape index (κ3) is 4.14. The fraction of sp³-hybridized carbons (Fsp3) is 0.429. The van der Waals surface area contributed by atoms with Crippen molar-refractivity contribution < 1.29 is 4.79 Å². The van der Waals surface area contributed by atoms with Crippen molar-refractivity contribution in [2.75, 3.05) is 18.4 Å². The standard InChI is InChI=1S/C19H21N5OS.C2H6/c1-12-11-26-17-15(12)22-19(21-13(2)14-7-3-4-8-20-14)23-16(17)18(25)24-9-5-6-10-24;1-2/h3-4,7-8,11,13H,5-6,9-10H2,1-2H3,(H,21,22,23);1-2H3/t13-;/m0./s1. The molecule has 3 aromatic rings. The quantitative estimate of drug-likeness (QED) is 0.683. The molecule has 1 saturated heterocycles. The van der Waals surface area contributed by atoms with Crippen molar-refractivity contribution in [2.24, 2.45) is 0 Å². The van der Waals surface area contributed by atoms with Crippen LogP contribution in [0.15, 0.2) is 29.8 Å². The summed E-state index contributed by atoms with van der Waals surface area (Å²) in [4.78, 5) is 28.5. The summed E-state index contributed by atoms with van der Waals surface area (Å²) in [5.74, 6) is 0.477. The summed E-state index contributed by atoms with van der Waals surface area (Å²) in [5.41, 5.74) is 3.33. The van der Waals surface area contributed by atoms with E-state index in [2.05, 4.69) is 20.3 Å². The molecule has 148 valence electrons. The maximum absolute atomic E-state index is 13.0. The number of hydrogen-bond acceptors (Lipinski definition) is 6.